The maximum Gasteiger partial charge on any atom is 0.160 e. The van der Waals surface area contributed by atoms with E-state index < -0.39 is 0 Å². The first kappa shape index (κ1) is 18.3. The molecule has 2 aromatic carbocycles. The number of nitrogens with zero attached hydrogens (tertiary/aromatic N) is 3. The molecule has 5 rings (SSSR count). The number of fused-ring (bicyclic) bond motifs is 2. The average Bonchev–Trinajstić information content (AvgIpc) is 3.10. The van der Waals surface area contributed by atoms with Crippen LogP contribution in [0.5, 0.6) is 0 Å². The average molecular weight is 385 g/mol. The standard InChI is InChI=1S/C25H28N4/c1-17(2)13-24-28-23-15-21(20-8-7-18-5-3-4-6-19(18)14-20)16-27-25(23)29(24)22-9-11-26-12-10-22/h3-8,14-17,22,26H,9-13H2,1-2H3. The number of aromatic nitrogens is 3. The van der Waals surface area contributed by atoms with Crippen molar-refractivity contribution in [2.45, 2.75) is 39.2 Å². The van der Waals surface area contributed by atoms with Crippen LogP contribution in [0.1, 0.15) is 38.6 Å². The first-order valence-electron chi connectivity index (χ1n) is 10.8. The number of piperidine rings is 1. The zero-order valence-corrected chi connectivity index (χ0v) is 17.2. The molecule has 0 aliphatic carbocycles. The lowest BCUT2D eigenvalue weighted by molar-refractivity contribution is 0.362. The summed E-state index contributed by atoms with van der Waals surface area (Å²) >= 11 is 0. The molecule has 2 aromatic heterocycles. The minimum Gasteiger partial charge on any atom is -0.317 e. The molecule has 3 heterocycles. The van der Waals surface area contributed by atoms with E-state index in [1.54, 1.807) is 0 Å². The molecule has 4 heteroatoms. The fourth-order valence-corrected chi connectivity index (χ4v) is 4.51. The Hall–Kier alpha value is -2.72. The lowest BCUT2D eigenvalue weighted by atomic mass is 10.0. The van der Waals surface area contributed by atoms with E-state index in [0.29, 0.717) is 12.0 Å². The van der Waals surface area contributed by atoms with E-state index in [0.717, 1.165) is 49.1 Å². The molecule has 1 N–H and O–H groups in total. The molecular formula is C25H28N4. The van der Waals surface area contributed by atoms with E-state index in [1.807, 2.05) is 6.20 Å². The third-order valence-electron chi connectivity index (χ3n) is 5.95. The van der Waals surface area contributed by atoms with Crippen molar-refractivity contribution in [1.29, 1.82) is 0 Å². The van der Waals surface area contributed by atoms with Gasteiger partial charge in [-0.25, -0.2) is 9.97 Å². The van der Waals surface area contributed by atoms with E-state index in [9.17, 15) is 0 Å². The Morgan fingerprint density at radius 1 is 1.00 bits per heavy atom. The maximum atomic E-state index is 5.06. The van der Waals surface area contributed by atoms with Crippen molar-refractivity contribution in [3.8, 4) is 11.1 Å². The Kier molecular flexibility index (Phi) is 4.80. The van der Waals surface area contributed by atoms with Gasteiger partial charge >= 0.3 is 0 Å². The fraction of sp³-hybridized carbons (Fsp3) is 0.360. The highest BCUT2D eigenvalue weighted by atomic mass is 15.2. The highest BCUT2D eigenvalue weighted by Crippen LogP contribution is 2.30. The van der Waals surface area contributed by atoms with Gasteiger partial charge in [-0.1, -0.05) is 50.2 Å². The summed E-state index contributed by atoms with van der Waals surface area (Å²) in [5, 5.41) is 6.00. The molecule has 1 aliphatic rings. The van der Waals surface area contributed by atoms with Gasteiger partial charge in [0.2, 0.25) is 0 Å². The summed E-state index contributed by atoms with van der Waals surface area (Å²) in [4.78, 5) is 9.98. The number of hydrogen-bond acceptors (Lipinski definition) is 3. The Balaban J connectivity index is 1.60. The third kappa shape index (κ3) is 3.53. The zero-order valence-electron chi connectivity index (χ0n) is 17.2. The quantitative estimate of drug-likeness (QED) is 0.514. The van der Waals surface area contributed by atoms with Gasteiger partial charge in [-0.2, -0.15) is 0 Å². The predicted molar refractivity (Wildman–Crippen MR) is 120 cm³/mol. The first-order valence-corrected chi connectivity index (χ1v) is 10.8. The van der Waals surface area contributed by atoms with Crippen LogP contribution < -0.4 is 5.32 Å². The second-order valence-corrected chi connectivity index (χ2v) is 8.61. The molecule has 1 fully saturated rings. The molecule has 29 heavy (non-hydrogen) atoms. The van der Waals surface area contributed by atoms with Crippen LogP contribution >= 0.6 is 0 Å². The topological polar surface area (TPSA) is 42.7 Å². The molecule has 4 aromatic rings. The van der Waals surface area contributed by atoms with Crippen LogP contribution in [-0.2, 0) is 6.42 Å². The van der Waals surface area contributed by atoms with Crippen molar-refractivity contribution in [3.05, 3.63) is 60.6 Å². The van der Waals surface area contributed by atoms with Gasteiger partial charge in [0.25, 0.3) is 0 Å². The molecule has 0 bridgehead atoms. The first-order chi connectivity index (χ1) is 14.2. The summed E-state index contributed by atoms with van der Waals surface area (Å²) in [7, 11) is 0. The second kappa shape index (κ2) is 7.60. The summed E-state index contributed by atoms with van der Waals surface area (Å²) in [6.45, 7) is 6.67. The zero-order chi connectivity index (χ0) is 19.8. The molecular weight excluding hydrogens is 356 g/mol. The molecule has 0 saturated carbocycles. The summed E-state index contributed by atoms with van der Waals surface area (Å²) < 4.78 is 2.43. The van der Waals surface area contributed by atoms with E-state index in [-0.39, 0.29) is 0 Å². The summed E-state index contributed by atoms with van der Waals surface area (Å²) in [6, 6.07) is 17.8. The van der Waals surface area contributed by atoms with Gasteiger partial charge in [0.1, 0.15) is 11.3 Å². The van der Waals surface area contributed by atoms with E-state index >= 15 is 0 Å². The van der Waals surface area contributed by atoms with Crippen LogP contribution in [0.3, 0.4) is 0 Å². The molecule has 148 valence electrons. The molecule has 0 spiro atoms. The van der Waals surface area contributed by atoms with Crippen molar-refractivity contribution in [3.63, 3.8) is 0 Å². The van der Waals surface area contributed by atoms with Gasteiger partial charge in [0, 0.05) is 24.2 Å². The summed E-state index contributed by atoms with van der Waals surface area (Å²) in [5.74, 6) is 1.76. The Morgan fingerprint density at radius 2 is 1.79 bits per heavy atom. The van der Waals surface area contributed by atoms with Crippen LogP contribution in [0.15, 0.2) is 54.7 Å². The highest BCUT2D eigenvalue weighted by molar-refractivity contribution is 5.88. The lowest BCUT2D eigenvalue weighted by Gasteiger charge is -2.26. The molecule has 0 unspecified atom stereocenters. The fourth-order valence-electron chi connectivity index (χ4n) is 4.51. The number of pyridine rings is 1. The van der Waals surface area contributed by atoms with Crippen LogP contribution in [0.25, 0.3) is 33.1 Å². The van der Waals surface area contributed by atoms with E-state index in [4.69, 9.17) is 9.97 Å². The van der Waals surface area contributed by atoms with Crippen molar-refractivity contribution >= 4 is 21.9 Å². The molecule has 1 aliphatic heterocycles. The molecule has 0 amide bonds. The summed E-state index contributed by atoms with van der Waals surface area (Å²) in [6.07, 6.45) is 5.30. The van der Waals surface area contributed by atoms with E-state index in [1.165, 1.54) is 22.2 Å². The molecule has 1 saturated heterocycles. The van der Waals surface area contributed by atoms with Crippen molar-refractivity contribution in [2.24, 2.45) is 5.92 Å². The van der Waals surface area contributed by atoms with Gasteiger partial charge in [-0.05, 0) is 60.3 Å². The smallest absolute Gasteiger partial charge is 0.160 e. The van der Waals surface area contributed by atoms with Crippen LogP contribution in [0, 0.1) is 5.92 Å². The van der Waals surface area contributed by atoms with E-state index in [2.05, 4.69) is 72.3 Å². The Bertz CT molecular complexity index is 1150. The SMILES string of the molecule is CC(C)Cc1nc2cc(-c3ccc4ccccc4c3)cnc2n1C1CCNCC1. The summed E-state index contributed by atoms with van der Waals surface area (Å²) in [5.41, 5.74) is 4.39. The number of imidazole rings is 1. The van der Waals surface area contributed by atoms with Gasteiger partial charge in [-0.3, -0.25) is 0 Å². The predicted octanol–water partition coefficient (Wildman–Crippen LogP) is 5.37. The normalized spacial score (nSPS) is 15.6. The lowest BCUT2D eigenvalue weighted by Crippen LogP contribution is -2.30. The molecule has 0 radical (unpaired) electrons. The van der Waals surface area contributed by atoms with Gasteiger partial charge in [0.15, 0.2) is 5.65 Å². The highest BCUT2D eigenvalue weighted by Gasteiger charge is 2.22. The second-order valence-electron chi connectivity index (χ2n) is 8.61. The van der Waals surface area contributed by atoms with Crippen LogP contribution in [0.4, 0.5) is 0 Å². The van der Waals surface area contributed by atoms with Gasteiger partial charge in [-0.15, -0.1) is 0 Å². The minimum absolute atomic E-state index is 0.494. The van der Waals surface area contributed by atoms with Gasteiger partial charge in [0.05, 0.1) is 0 Å². The van der Waals surface area contributed by atoms with Crippen molar-refractivity contribution < 1.29 is 0 Å². The molecule has 4 nitrogen and oxygen atoms in total. The number of nitrogens with one attached hydrogen (secondary N) is 1. The monoisotopic (exact) mass is 384 g/mol. The number of rotatable bonds is 4. The maximum absolute atomic E-state index is 5.06. The van der Waals surface area contributed by atoms with Crippen molar-refractivity contribution in [1.82, 2.24) is 19.9 Å². The Labute approximate surface area is 172 Å². The van der Waals surface area contributed by atoms with Crippen molar-refractivity contribution in [2.75, 3.05) is 13.1 Å². The number of hydrogen-bond donors (Lipinski definition) is 1. The molecule has 0 atom stereocenters. The van der Waals surface area contributed by atoms with Crippen LogP contribution in [-0.4, -0.2) is 27.6 Å². The van der Waals surface area contributed by atoms with Gasteiger partial charge < -0.3 is 9.88 Å². The van der Waals surface area contributed by atoms with Crippen LogP contribution in [0.2, 0.25) is 0 Å². The minimum atomic E-state index is 0.494. The third-order valence-corrected chi connectivity index (χ3v) is 5.95. The Morgan fingerprint density at radius 3 is 2.59 bits per heavy atom. The largest absolute Gasteiger partial charge is 0.317 e. The number of benzene rings is 2.